The van der Waals surface area contributed by atoms with Gasteiger partial charge in [-0.05, 0) is 62.9 Å². The van der Waals surface area contributed by atoms with E-state index in [9.17, 15) is 4.39 Å². The lowest BCUT2D eigenvalue weighted by Crippen LogP contribution is -2.38. The Morgan fingerprint density at radius 1 is 1.10 bits per heavy atom. The number of hydrogen-bond donors (Lipinski definition) is 1. The first-order chi connectivity index (χ1) is 9.72. The molecule has 0 aromatic heterocycles. The number of likely N-dealkylation sites (tertiary alicyclic amines) is 1. The van der Waals surface area contributed by atoms with Crippen molar-refractivity contribution in [2.24, 2.45) is 5.92 Å². The van der Waals surface area contributed by atoms with Gasteiger partial charge in [-0.15, -0.1) is 0 Å². The van der Waals surface area contributed by atoms with Gasteiger partial charge in [0, 0.05) is 25.3 Å². The summed E-state index contributed by atoms with van der Waals surface area (Å²) in [6, 6.07) is 5.02. The molecule has 4 heteroatoms. The number of piperidine rings is 1. The van der Waals surface area contributed by atoms with Gasteiger partial charge in [-0.25, -0.2) is 4.39 Å². The van der Waals surface area contributed by atoms with Crippen LogP contribution in [0.2, 0.25) is 0 Å². The van der Waals surface area contributed by atoms with Crippen molar-refractivity contribution in [3.05, 3.63) is 24.0 Å². The third-order valence-electron chi connectivity index (χ3n) is 4.64. The van der Waals surface area contributed by atoms with Crippen molar-refractivity contribution < 1.29 is 4.39 Å². The molecule has 3 rings (SSSR count). The molecule has 1 aromatic rings. The van der Waals surface area contributed by atoms with Crippen LogP contribution in [0, 0.1) is 11.7 Å². The van der Waals surface area contributed by atoms with E-state index in [1.165, 1.54) is 51.4 Å². The predicted octanol–water partition coefficient (Wildman–Crippen LogP) is 2.72. The van der Waals surface area contributed by atoms with E-state index in [1.807, 2.05) is 6.07 Å². The summed E-state index contributed by atoms with van der Waals surface area (Å²) in [7, 11) is 0. The maximum atomic E-state index is 13.9. The summed E-state index contributed by atoms with van der Waals surface area (Å²) in [6.45, 7) is 5.69. The monoisotopic (exact) mass is 277 g/mol. The third-order valence-corrected chi connectivity index (χ3v) is 4.64. The molecule has 0 spiro atoms. The molecule has 2 aliphatic rings. The third kappa shape index (κ3) is 3.06. The Balaban J connectivity index is 1.55. The highest BCUT2D eigenvalue weighted by Gasteiger charge is 2.24. The van der Waals surface area contributed by atoms with Gasteiger partial charge in [0.25, 0.3) is 0 Å². The quantitative estimate of drug-likeness (QED) is 0.862. The minimum atomic E-state index is -0.192. The molecular formula is C16H24FN3. The fraction of sp³-hybridized carbons (Fsp3) is 0.625. The zero-order chi connectivity index (χ0) is 13.9. The lowest BCUT2D eigenvalue weighted by Gasteiger charge is -2.35. The fourth-order valence-electron chi connectivity index (χ4n) is 3.47. The zero-order valence-electron chi connectivity index (χ0n) is 12.0. The zero-order valence-corrected chi connectivity index (χ0v) is 12.0. The first kappa shape index (κ1) is 13.7. The van der Waals surface area contributed by atoms with Gasteiger partial charge >= 0.3 is 0 Å². The van der Waals surface area contributed by atoms with Crippen LogP contribution in [0.15, 0.2) is 18.2 Å². The molecule has 0 unspecified atom stereocenters. The van der Waals surface area contributed by atoms with Crippen LogP contribution in [0.25, 0.3) is 0 Å². The molecule has 0 saturated carbocycles. The van der Waals surface area contributed by atoms with E-state index in [0.717, 1.165) is 19.0 Å². The fourth-order valence-corrected chi connectivity index (χ4v) is 3.47. The van der Waals surface area contributed by atoms with E-state index < -0.39 is 0 Å². The van der Waals surface area contributed by atoms with Gasteiger partial charge in [-0.1, -0.05) is 0 Å². The van der Waals surface area contributed by atoms with Crippen molar-refractivity contribution in [3.63, 3.8) is 0 Å². The number of halogens is 1. The highest BCUT2D eigenvalue weighted by molar-refractivity contribution is 5.54. The van der Waals surface area contributed by atoms with Gasteiger partial charge in [0.2, 0.25) is 0 Å². The molecular weight excluding hydrogens is 253 g/mol. The summed E-state index contributed by atoms with van der Waals surface area (Å²) in [5.74, 6) is 0.587. The molecule has 0 atom stereocenters. The minimum absolute atomic E-state index is 0.192. The highest BCUT2D eigenvalue weighted by atomic mass is 19.1. The Kier molecular flexibility index (Phi) is 4.10. The maximum Gasteiger partial charge on any atom is 0.148 e. The van der Waals surface area contributed by atoms with Gasteiger partial charge in [0.05, 0.1) is 5.69 Å². The van der Waals surface area contributed by atoms with Crippen LogP contribution < -0.4 is 10.6 Å². The van der Waals surface area contributed by atoms with Crippen LogP contribution in [-0.4, -0.2) is 37.6 Å². The lowest BCUT2D eigenvalue weighted by molar-refractivity contribution is 0.249. The van der Waals surface area contributed by atoms with E-state index in [0.29, 0.717) is 11.4 Å². The molecule has 0 bridgehead atoms. The van der Waals surface area contributed by atoms with E-state index in [-0.39, 0.29) is 5.82 Å². The number of anilines is 2. The minimum Gasteiger partial charge on any atom is -0.399 e. The Labute approximate surface area is 120 Å². The maximum absolute atomic E-state index is 13.9. The summed E-state index contributed by atoms with van der Waals surface area (Å²) in [5.41, 5.74) is 6.81. The molecule has 3 nitrogen and oxygen atoms in total. The Morgan fingerprint density at radius 3 is 2.45 bits per heavy atom. The van der Waals surface area contributed by atoms with E-state index >= 15 is 0 Å². The SMILES string of the molecule is Nc1ccc(N2CCC(CN3CCCC3)CC2)c(F)c1. The van der Waals surface area contributed by atoms with Crippen molar-refractivity contribution in [3.8, 4) is 0 Å². The number of hydrogen-bond acceptors (Lipinski definition) is 3. The number of rotatable bonds is 3. The molecule has 0 amide bonds. The van der Waals surface area contributed by atoms with Crippen LogP contribution in [0.5, 0.6) is 0 Å². The van der Waals surface area contributed by atoms with Gasteiger partial charge in [-0.3, -0.25) is 0 Å². The number of nitrogen functional groups attached to an aromatic ring is 1. The molecule has 2 N–H and O–H groups in total. The van der Waals surface area contributed by atoms with E-state index in [2.05, 4.69) is 9.80 Å². The van der Waals surface area contributed by atoms with Crippen LogP contribution in [0.4, 0.5) is 15.8 Å². The van der Waals surface area contributed by atoms with Gasteiger partial charge < -0.3 is 15.5 Å². The van der Waals surface area contributed by atoms with Crippen LogP contribution in [-0.2, 0) is 0 Å². The molecule has 110 valence electrons. The van der Waals surface area contributed by atoms with E-state index in [4.69, 9.17) is 5.73 Å². The summed E-state index contributed by atoms with van der Waals surface area (Å²) in [4.78, 5) is 4.75. The molecule has 0 radical (unpaired) electrons. The molecule has 2 fully saturated rings. The number of nitrogens with two attached hydrogens (primary N) is 1. The van der Waals surface area contributed by atoms with Crippen LogP contribution in [0.1, 0.15) is 25.7 Å². The van der Waals surface area contributed by atoms with Crippen LogP contribution in [0.3, 0.4) is 0 Å². The normalized spacial score (nSPS) is 21.6. The molecule has 2 heterocycles. The van der Waals surface area contributed by atoms with Crippen molar-refractivity contribution in [2.75, 3.05) is 43.4 Å². The first-order valence-corrected chi connectivity index (χ1v) is 7.75. The standard InChI is InChI=1S/C16H24FN3/c17-15-11-14(18)3-4-16(15)20-9-5-13(6-10-20)12-19-7-1-2-8-19/h3-4,11,13H,1-2,5-10,12,18H2. The topological polar surface area (TPSA) is 32.5 Å². The Bertz CT molecular complexity index is 449. The average Bonchev–Trinajstić information content (AvgIpc) is 2.93. The van der Waals surface area contributed by atoms with Crippen molar-refractivity contribution in [1.29, 1.82) is 0 Å². The summed E-state index contributed by atoms with van der Waals surface area (Å²) < 4.78 is 13.9. The first-order valence-electron chi connectivity index (χ1n) is 7.75. The molecule has 1 aromatic carbocycles. The Hall–Kier alpha value is -1.29. The second-order valence-corrected chi connectivity index (χ2v) is 6.15. The smallest absolute Gasteiger partial charge is 0.148 e. The van der Waals surface area contributed by atoms with Crippen LogP contribution >= 0.6 is 0 Å². The van der Waals surface area contributed by atoms with Crippen molar-refractivity contribution in [1.82, 2.24) is 4.90 Å². The van der Waals surface area contributed by atoms with Gasteiger partial charge in [0.1, 0.15) is 5.82 Å². The van der Waals surface area contributed by atoms with Crippen molar-refractivity contribution in [2.45, 2.75) is 25.7 Å². The number of benzene rings is 1. The Morgan fingerprint density at radius 2 is 1.80 bits per heavy atom. The average molecular weight is 277 g/mol. The second kappa shape index (κ2) is 6.00. The molecule has 2 aliphatic heterocycles. The number of nitrogens with zero attached hydrogens (tertiary/aromatic N) is 2. The summed E-state index contributed by atoms with van der Waals surface area (Å²) in [6.07, 6.45) is 5.05. The largest absolute Gasteiger partial charge is 0.399 e. The highest BCUT2D eigenvalue weighted by Crippen LogP contribution is 2.27. The van der Waals surface area contributed by atoms with E-state index in [1.54, 1.807) is 6.07 Å². The molecule has 0 aliphatic carbocycles. The lowest BCUT2D eigenvalue weighted by atomic mass is 9.96. The predicted molar refractivity (Wildman–Crippen MR) is 81.4 cm³/mol. The molecule has 2 saturated heterocycles. The van der Waals surface area contributed by atoms with Crippen molar-refractivity contribution >= 4 is 11.4 Å². The molecule has 20 heavy (non-hydrogen) atoms. The summed E-state index contributed by atoms with van der Waals surface area (Å²) in [5, 5.41) is 0. The second-order valence-electron chi connectivity index (χ2n) is 6.15. The van der Waals surface area contributed by atoms with Gasteiger partial charge in [-0.2, -0.15) is 0 Å². The van der Waals surface area contributed by atoms with Gasteiger partial charge in [0.15, 0.2) is 0 Å². The summed E-state index contributed by atoms with van der Waals surface area (Å²) >= 11 is 0.